The number of aliphatic imine (C=N–C) groups is 1. The summed E-state index contributed by atoms with van der Waals surface area (Å²) in [5, 5.41) is 0. The first-order valence-corrected chi connectivity index (χ1v) is 3.60. The van der Waals surface area contributed by atoms with Crippen molar-refractivity contribution in [3.63, 3.8) is 0 Å². The Bertz CT molecular complexity index is 180. The molecule has 4 nitrogen and oxygen atoms in total. The second-order valence-corrected chi connectivity index (χ2v) is 2.46. The van der Waals surface area contributed by atoms with Crippen molar-refractivity contribution in [3.8, 4) is 0 Å². The molecule has 10 heavy (non-hydrogen) atoms. The average molecular weight is 159 g/mol. The van der Waals surface area contributed by atoms with Crippen LogP contribution in [0.25, 0.3) is 0 Å². The van der Waals surface area contributed by atoms with Crippen LogP contribution < -0.4 is 5.73 Å². The van der Waals surface area contributed by atoms with Crippen LogP contribution in [0.4, 0.5) is 0 Å². The van der Waals surface area contributed by atoms with E-state index >= 15 is 0 Å². The average Bonchev–Trinajstić information content (AvgIpc) is 2.13. The first-order chi connectivity index (χ1) is 4.74. The van der Waals surface area contributed by atoms with E-state index in [1.165, 1.54) is 0 Å². The molecule has 0 spiro atoms. The fraction of sp³-hybridized carbons (Fsp3) is 0.600. The topological polar surface area (TPSA) is 58.7 Å². The molecule has 1 aliphatic heterocycles. The van der Waals surface area contributed by atoms with Gasteiger partial charge in [0.2, 0.25) is 0 Å². The Hall–Kier alpha value is -0.710. The van der Waals surface area contributed by atoms with Crippen molar-refractivity contribution in [2.45, 2.75) is 0 Å². The Labute approximate surface area is 64.5 Å². The van der Waals surface area contributed by atoms with Crippen LogP contribution in [0.3, 0.4) is 0 Å². The zero-order valence-electron chi connectivity index (χ0n) is 5.45. The summed E-state index contributed by atoms with van der Waals surface area (Å²) in [5.41, 5.74) is 5.38. The molecule has 0 saturated heterocycles. The molecule has 0 unspecified atom stereocenters. The van der Waals surface area contributed by atoms with Gasteiger partial charge in [-0.15, -0.1) is 0 Å². The Kier molecular flexibility index (Phi) is 2.16. The molecule has 56 valence electrons. The van der Waals surface area contributed by atoms with E-state index in [-0.39, 0.29) is 5.91 Å². The molecular formula is C5H9N3OS. The van der Waals surface area contributed by atoms with Gasteiger partial charge in [0.15, 0.2) is 5.96 Å². The normalized spacial score (nSPS) is 17.9. The molecular weight excluding hydrogens is 150 g/mol. The minimum absolute atomic E-state index is 0.167. The molecule has 0 atom stereocenters. The third kappa shape index (κ3) is 1.41. The van der Waals surface area contributed by atoms with Crippen molar-refractivity contribution in [1.82, 2.24) is 4.90 Å². The maximum atomic E-state index is 10.6. The molecule has 1 aliphatic rings. The van der Waals surface area contributed by atoms with Crippen molar-refractivity contribution >= 4 is 24.5 Å². The second kappa shape index (κ2) is 2.92. The van der Waals surface area contributed by atoms with Gasteiger partial charge >= 0.3 is 0 Å². The molecule has 0 bridgehead atoms. The predicted molar refractivity (Wildman–Crippen MR) is 42.1 cm³/mol. The Morgan fingerprint density at radius 2 is 2.50 bits per heavy atom. The number of nitrogens with zero attached hydrogens (tertiary/aromatic N) is 2. The monoisotopic (exact) mass is 159 g/mol. The van der Waals surface area contributed by atoms with Crippen molar-refractivity contribution in [2.24, 2.45) is 10.7 Å². The fourth-order valence-corrected chi connectivity index (χ4v) is 1.03. The Morgan fingerprint density at radius 1 is 1.80 bits per heavy atom. The smallest absolute Gasteiger partial charge is 0.268 e. The molecule has 0 fully saturated rings. The summed E-state index contributed by atoms with van der Waals surface area (Å²) in [5.74, 6) is 0.835. The highest BCUT2D eigenvalue weighted by Crippen LogP contribution is 1.98. The van der Waals surface area contributed by atoms with Gasteiger partial charge in [0, 0.05) is 12.3 Å². The zero-order valence-corrected chi connectivity index (χ0v) is 6.34. The maximum absolute atomic E-state index is 10.6. The lowest BCUT2D eigenvalue weighted by atomic mass is 10.5. The Morgan fingerprint density at radius 3 is 2.90 bits per heavy atom. The summed E-state index contributed by atoms with van der Waals surface area (Å²) in [4.78, 5) is 15.8. The van der Waals surface area contributed by atoms with E-state index < -0.39 is 0 Å². The standard InChI is InChI=1S/C5H9N3OS/c6-5-7-4(9)3-8(5)1-2-10/h10H,1-3H2,(H2,6,7,9). The molecule has 0 aliphatic carbocycles. The number of thiol groups is 1. The summed E-state index contributed by atoms with van der Waals surface area (Å²) in [6.07, 6.45) is 0. The van der Waals surface area contributed by atoms with Gasteiger partial charge in [-0.3, -0.25) is 4.79 Å². The minimum Gasteiger partial charge on any atom is -0.369 e. The number of guanidine groups is 1. The van der Waals surface area contributed by atoms with Crippen molar-refractivity contribution in [3.05, 3.63) is 0 Å². The van der Waals surface area contributed by atoms with E-state index in [1.807, 2.05) is 0 Å². The van der Waals surface area contributed by atoms with Crippen molar-refractivity contribution in [2.75, 3.05) is 18.8 Å². The summed E-state index contributed by atoms with van der Waals surface area (Å²) < 4.78 is 0. The largest absolute Gasteiger partial charge is 0.369 e. The number of hydrogen-bond acceptors (Lipinski definition) is 4. The zero-order chi connectivity index (χ0) is 7.56. The van der Waals surface area contributed by atoms with E-state index in [0.29, 0.717) is 24.8 Å². The highest BCUT2D eigenvalue weighted by Gasteiger charge is 2.18. The quantitative estimate of drug-likeness (QED) is 0.512. The molecule has 2 N–H and O–H groups in total. The van der Waals surface area contributed by atoms with Gasteiger partial charge in [-0.05, 0) is 0 Å². The highest BCUT2D eigenvalue weighted by atomic mass is 32.1. The number of nitrogens with two attached hydrogens (primary N) is 1. The number of carbonyl (C=O) groups is 1. The third-order valence-electron chi connectivity index (χ3n) is 1.26. The summed E-state index contributed by atoms with van der Waals surface area (Å²) in [6, 6.07) is 0. The molecule has 1 rings (SSSR count). The predicted octanol–water partition coefficient (Wildman–Crippen LogP) is -0.927. The Balaban J connectivity index is 2.51. The summed E-state index contributed by atoms with van der Waals surface area (Å²) in [6.45, 7) is 0.997. The van der Waals surface area contributed by atoms with Gasteiger partial charge < -0.3 is 10.6 Å². The SMILES string of the molecule is NC1=NC(=O)CN1CCS. The van der Waals surface area contributed by atoms with Gasteiger partial charge in [-0.2, -0.15) is 17.6 Å². The molecule has 0 radical (unpaired) electrons. The van der Waals surface area contributed by atoms with Crippen LogP contribution in [0.15, 0.2) is 4.99 Å². The number of amides is 1. The lowest BCUT2D eigenvalue weighted by Gasteiger charge is -2.13. The molecule has 5 heteroatoms. The molecule has 0 aromatic carbocycles. The molecule has 0 aromatic rings. The highest BCUT2D eigenvalue weighted by molar-refractivity contribution is 7.80. The minimum atomic E-state index is -0.167. The van der Waals surface area contributed by atoms with E-state index in [1.54, 1.807) is 4.90 Å². The van der Waals surface area contributed by atoms with E-state index in [9.17, 15) is 4.79 Å². The van der Waals surface area contributed by atoms with Gasteiger partial charge in [-0.1, -0.05) is 0 Å². The van der Waals surface area contributed by atoms with E-state index in [2.05, 4.69) is 17.6 Å². The second-order valence-electron chi connectivity index (χ2n) is 2.01. The molecule has 1 amide bonds. The van der Waals surface area contributed by atoms with Crippen LogP contribution in [0.1, 0.15) is 0 Å². The molecule has 0 saturated carbocycles. The van der Waals surface area contributed by atoms with Gasteiger partial charge in [0.05, 0.1) is 0 Å². The van der Waals surface area contributed by atoms with E-state index in [4.69, 9.17) is 5.73 Å². The van der Waals surface area contributed by atoms with Crippen molar-refractivity contribution in [1.29, 1.82) is 0 Å². The number of carbonyl (C=O) groups excluding carboxylic acids is 1. The summed E-state index contributed by atoms with van der Waals surface area (Å²) in [7, 11) is 0. The first kappa shape index (κ1) is 7.40. The lowest BCUT2D eigenvalue weighted by molar-refractivity contribution is -0.117. The van der Waals surface area contributed by atoms with Crippen molar-refractivity contribution < 1.29 is 4.79 Å². The molecule has 0 aromatic heterocycles. The fourth-order valence-electron chi connectivity index (χ4n) is 0.792. The van der Waals surface area contributed by atoms with Crippen LogP contribution in [-0.2, 0) is 4.79 Å². The molecule has 1 heterocycles. The van der Waals surface area contributed by atoms with E-state index in [0.717, 1.165) is 0 Å². The van der Waals surface area contributed by atoms with Gasteiger partial charge in [-0.25, -0.2) is 0 Å². The van der Waals surface area contributed by atoms with Crippen LogP contribution in [0.2, 0.25) is 0 Å². The summed E-state index contributed by atoms with van der Waals surface area (Å²) >= 11 is 4.00. The van der Waals surface area contributed by atoms with Crippen LogP contribution in [0, 0.1) is 0 Å². The first-order valence-electron chi connectivity index (χ1n) is 2.97. The van der Waals surface area contributed by atoms with Crippen LogP contribution in [-0.4, -0.2) is 35.6 Å². The lowest BCUT2D eigenvalue weighted by Crippen LogP contribution is -2.35. The van der Waals surface area contributed by atoms with Crippen LogP contribution in [0.5, 0.6) is 0 Å². The number of hydrogen-bond donors (Lipinski definition) is 2. The number of rotatable bonds is 2. The third-order valence-corrected chi connectivity index (χ3v) is 1.46. The van der Waals surface area contributed by atoms with Gasteiger partial charge in [0.25, 0.3) is 5.91 Å². The van der Waals surface area contributed by atoms with Crippen LogP contribution >= 0.6 is 12.6 Å². The van der Waals surface area contributed by atoms with Gasteiger partial charge in [0.1, 0.15) is 6.54 Å². The maximum Gasteiger partial charge on any atom is 0.268 e.